The average Bonchev–Trinajstić information content (AvgIpc) is 2.92. The van der Waals surface area contributed by atoms with Crippen LogP contribution in [-0.2, 0) is 6.42 Å². The highest BCUT2D eigenvalue weighted by Gasteiger charge is 2.10. The smallest absolute Gasteiger partial charge is 0.00432 e. The van der Waals surface area contributed by atoms with E-state index >= 15 is 0 Å². The lowest BCUT2D eigenvalue weighted by molar-refractivity contribution is 0.420. The lowest BCUT2D eigenvalue weighted by Crippen LogP contribution is -2.18. The SMILES string of the molecule is CNCCC(C)c1cccc(CCCCCNCCC(C)c2cccc(/C=C/C3CCCCC3)c2)c1. The standard InChI is InChI=1S/C34H52N2/c1-28(21-24-35-3)33-17-10-15-31(26-33)14-8-5-9-23-36-25-22-29(2)34-18-11-16-32(27-34)20-19-30-12-6-4-7-13-30/h10-11,15-20,26-30,35-36H,4-9,12-14,21-25H2,1-3H3/b20-19+. The summed E-state index contributed by atoms with van der Waals surface area (Å²) in [5, 5.41) is 6.96. The number of unbranched alkanes of at least 4 members (excludes halogenated alkanes) is 2. The van der Waals surface area contributed by atoms with Crippen molar-refractivity contribution in [2.24, 2.45) is 5.92 Å². The molecule has 2 unspecified atom stereocenters. The molecule has 36 heavy (non-hydrogen) atoms. The van der Waals surface area contributed by atoms with Crippen molar-refractivity contribution in [3.05, 3.63) is 76.9 Å². The summed E-state index contributed by atoms with van der Waals surface area (Å²) in [6.07, 6.45) is 19.3. The molecule has 0 heterocycles. The van der Waals surface area contributed by atoms with E-state index in [0.717, 1.165) is 25.6 Å². The van der Waals surface area contributed by atoms with E-state index in [1.807, 2.05) is 7.05 Å². The second-order valence-electron chi connectivity index (χ2n) is 11.2. The van der Waals surface area contributed by atoms with E-state index in [9.17, 15) is 0 Å². The first-order valence-corrected chi connectivity index (χ1v) is 14.9. The Morgan fingerprint density at radius 2 is 1.53 bits per heavy atom. The Bertz CT molecular complexity index is 880. The molecule has 2 nitrogen and oxygen atoms in total. The molecule has 2 aromatic carbocycles. The fourth-order valence-electron chi connectivity index (χ4n) is 5.49. The third-order valence-corrected chi connectivity index (χ3v) is 8.11. The summed E-state index contributed by atoms with van der Waals surface area (Å²) in [4.78, 5) is 0. The molecule has 0 aliphatic heterocycles. The van der Waals surface area contributed by atoms with E-state index in [0.29, 0.717) is 11.8 Å². The average molecular weight is 489 g/mol. The summed E-state index contributed by atoms with van der Waals surface area (Å²) in [5.74, 6) is 2.03. The predicted octanol–water partition coefficient (Wildman–Crippen LogP) is 8.49. The Morgan fingerprint density at radius 3 is 2.31 bits per heavy atom. The number of hydrogen-bond donors (Lipinski definition) is 2. The summed E-state index contributed by atoms with van der Waals surface area (Å²) in [6, 6.07) is 18.5. The second kappa shape index (κ2) is 16.8. The summed E-state index contributed by atoms with van der Waals surface area (Å²) in [7, 11) is 2.04. The van der Waals surface area contributed by atoms with E-state index in [1.54, 1.807) is 0 Å². The summed E-state index contributed by atoms with van der Waals surface area (Å²) in [6.45, 7) is 8.05. The predicted molar refractivity (Wildman–Crippen MR) is 159 cm³/mol. The Hall–Kier alpha value is -1.90. The van der Waals surface area contributed by atoms with E-state index in [2.05, 4.69) is 85.2 Å². The van der Waals surface area contributed by atoms with Crippen LogP contribution in [0.25, 0.3) is 6.08 Å². The maximum atomic E-state index is 3.69. The Labute approximate surface area is 222 Å². The molecule has 198 valence electrons. The zero-order valence-electron chi connectivity index (χ0n) is 23.4. The van der Waals surface area contributed by atoms with Gasteiger partial charge in [-0.2, -0.15) is 0 Å². The van der Waals surface area contributed by atoms with Gasteiger partial charge in [0.15, 0.2) is 0 Å². The van der Waals surface area contributed by atoms with Gasteiger partial charge in [0.05, 0.1) is 0 Å². The maximum Gasteiger partial charge on any atom is -0.00432 e. The van der Waals surface area contributed by atoms with Crippen molar-refractivity contribution < 1.29 is 0 Å². The van der Waals surface area contributed by atoms with Crippen molar-refractivity contribution in [1.82, 2.24) is 10.6 Å². The minimum atomic E-state index is 0.600. The first kappa shape index (κ1) is 28.7. The molecule has 2 heteroatoms. The van der Waals surface area contributed by atoms with Crippen molar-refractivity contribution in [3.8, 4) is 0 Å². The fraction of sp³-hybridized carbons (Fsp3) is 0.588. The molecular formula is C34H52N2. The molecule has 0 saturated heterocycles. The van der Waals surface area contributed by atoms with Gasteiger partial charge in [-0.3, -0.25) is 0 Å². The van der Waals surface area contributed by atoms with Gasteiger partial charge in [-0.1, -0.05) is 100 Å². The highest BCUT2D eigenvalue weighted by molar-refractivity contribution is 5.51. The lowest BCUT2D eigenvalue weighted by Gasteiger charge is -2.18. The van der Waals surface area contributed by atoms with Gasteiger partial charge < -0.3 is 10.6 Å². The van der Waals surface area contributed by atoms with E-state index in [4.69, 9.17) is 0 Å². The zero-order chi connectivity index (χ0) is 25.4. The molecule has 3 rings (SSSR count). The van der Waals surface area contributed by atoms with Gasteiger partial charge in [-0.25, -0.2) is 0 Å². The van der Waals surface area contributed by atoms with Gasteiger partial charge in [0, 0.05) is 0 Å². The normalized spacial score (nSPS) is 16.4. The van der Waals surface area contributed by atoms with Crippen LogP contribution in [0, 0.1) is 5.92 Å². The number of allylic oxidation sites excluding steroid dienone is 1. The number of rotatable bonds is 16. The first-order valence-electron chi connectivity index (χ1n) is 14.9. The van der Waals surface area contributed by atoms with Crippen molar-refractivity contribution >= 4 is 6.08 Å². The number of nitrogens with one attached hydrogen (secondary N) is 2. The third-order valence-electron chi connectivity index (χ3n) is 8.11. The number of hydrogen-bond acceptors (Lipinski definition) is 2. The van der Waals surface area contributed by atoms with Gasteiger partial charge >= 0.3 is 0 Å². The highest BCUT2D eigenvalue weighted by atomic mass is 14.8. The van der Waals surface area contributed by atoms with Crippen molar-refractivity contribution in [3.63, 3.8) is 0 Å². The van der Waals surface area contributed by atoms with Crippen LogP contribution in [0.5, 0.6) is 0 Å². The zero-order valence-corrected chi connectivity index (χ0v) is 23.4. The highest BCUT2D eigenvalue weighted by Crippen LogP contribution is 2.26. The van der Waals surface area contributed by atoms with Crippen LogP contribution in [0.4, 0.5) is 0 Å². The molecule has 0 amide bonds. The van der Waals surface area contributed by atoms with Crippen LogP contribution in [0.2, 0.25) is 0 Å². The van der Waals surface area contributed by atoms with E-state index in [-0.39, 0.29) is 0 Å². The molecule has 1 saturated carbocycles. The van der Waals surface area contributed by atoms with Crippen molar-refractivity contribution in [2.75, 3.05) is 26.7 Å². The Kier molecular flexibility index (Phi) is 13.4. The molecule has 1 fully saturated rings. The number of benzene rings is 2. The molecule has 1 aliphatic carbocycles. The minimum absolute atomic E-state index is 0.600. The van der Waals surface area contributed by atoms with E-state index in [1.165, 1.54) is 92.9 Å². The molecule has 0 radical (unpaired) electrons. The number of aryl methyl sites for hydroxylation is 1. The third kappa shape index (κ3) is 10.6. The van der Waals surface area contributed by atoms with Gasteiger partial charge in [0.25, 0.3) is 0 Å². The van der Waals surface area contributed by atoms with Crippen LogP contribution in [0.3, 0.4) is 0 Å². The molecule has 0 spiro atoms. The maximum absolute atomic E-state index is 3.69. The molecule has 0 bridgehead atoms. The second-order valence-corrected chi connectivity index (χ2v) is 11.2. The van der Waals surface area contributed by atoms with Gasteiger partial charge in [-0.05, 0) is 112 Å². The molecule has 0 aromatic heterocycles. The summed E-state index contributed by atoms with van der Waals surface area (Å²) >= 11 is 0. The van der Waals surface area contributed by atoms with Crippen LogP contribution in [-0.4, -0.2) is 26.7 Å². The molecule has 2 N–H and O–H groups in total. The molecule has 1 aliphatic rings. The molecular weight excluding hydrogens is 436 g/mol. The van der Waals surface area contributed by atoms with Crippen molar-refractivity contribution in [1.29, 1.82) is 0 Å². The van der Waals surface area contributed by atoms with Crippen LogP contribution in [0.15, 0.2) is 54.6 Å². The fourth-order valence-corrected chi connectivity index (χ4v) is 5.49. The van der Waals surface area contributed by atoms with Crippen LogP contribution in [0.1, 0.15) is 112 Å². The largest absolute Gasteiger partial charge is 0.320 e. The molecule has 2 aromatic rings. The van der Waals surface area contributed by atoms with Gasteiger partial charge in [0.2, 0.25) is 0 Å². The lowest BCUT2D eigenvalue weighted by atomic mass is 9.88. The van der Waals surface area contributed by atoms with Gasteiger partial charge in [-0.15, -0.1) is 0 Å². The van der Waals surface area contributed by atoms with Crippen LogP contribution < -0.4 is 10.6 Å². The quantitative estimate of drug-likeness (QED) is 0.231. The van der Waals surface area contributed by atoms with Crippen molar-refractivity contribution in [2.45, 2.75) is 96.3 Å². The minimum Gasteiger partial charge on any atom is -0.320 e. The Balaban J connectivity index is 1.27. The van der Waals surface area contributed by atoms with E-state index < -0.39 is 0 Å². The first-order chi connectivity index (χ1) is 17.7. The molecule has 2 atom stereocenters. The summed E-state index contributed by atoms with van der Waals surface area (Å²) in [5.41, 5.74) is 5.84. The topological polar surface area (TPSA) is 24.1 Å². The Morgan fingerprint density at radius 1 is 0.806 bits per heavy atom. The summed E-state index contributed by atoms with van der Waals surface area (Å²) < 4.78 is 0. The van der Waals surface area contributed by atoms with Crippen LogP contribution >= 0.6 is 0 Å². The van der Waals surface area contributed by atoms with Gasteiger partial charge in [0.1, 0.15) is 0 Å². The monoisotopic (exact) mass is 488 g/mol.